The van der Waals surface area contributed by atoms with Crippen LogP contribution in [0.4, 0.5) is 0 Å². The van der Waals surface area contributed by atoms with Gasteiger partial charge in [-0.3, -0.25) is 4.79 Å². The van der Waals surface area contributed by atoms with Crippen molar-refractivity contribution in [2.45, 2.75) is 45.8 Å². The molecule has 0 aromatic heterocycles. The number of hydrogen-bond donors (Lipinski definition) is 1. The van der Waals surface area contributed by atoms with Gasteiger partial charge in [0.25, 0.3) is 0 Å². The smallest absolute Gasteiger partial charge is 0.239 e. The number of nitrogens with two attached hydrogens (primary N) is 1. The maximum Gasteiger partial charge on any atom is 0.239 e. The molecule has 0 aliphatic carbocycles. The van der Waals surface area contributed by atoms with E-state index in [4.69, 9.17) is 5.73 Å². The van der Waals surface area contributed by atoms with Gasteiger partial charge in [0.1, 0.15) is 0 Å². The Morgan fingerprint density at radius 3 is 2.35 bits per heavy atom. The highest BCUT2D eigenvalue weighted by atomic mass is 16.2. The predicted octanol–water partition coefficient (Wildman–Crippen LogP) is 2.16. The minimum absolute atomic E-state index is 0.0169. The van der Waals surface area contributed by atoms with Crippen molar-refractivity contribution < 1.29 is 4.79 Å². The summed E-state index contributed by atoms with van der Waals surface area (Å²) >= 11 is 0. The fourth-order valence-corrected chi connectivity index (χ4v) is 1.71. The summed E-state index contributed by atoms with van der Waals surface area (Å²) in [5.74, 6) is 0.0169. The van der Waals surface area contributed by atoms with Gasteiger partial charge in [0.05, 0.1) is 6.04 Å². The lowest BCUT2D eigenvalue weighted by atomic mass is 10.1. The van der Waals surface area contributed by atoms with Crippen LogP contribution in [0.15, 0.2) is 30.3 Å². The van der Waals surface area contributed by atoms with Crippen molar-refractivity contribution in [3.63, 3.8) is 0 Å². The van der Waals surface area contributed by atoms with Crippen LogP contribution in [0, 0.1) is 0 Å². The maximum absolute atomic E-state index is 12.0. The SMILES string of the molecule is CCC(C)N(Cc1ccccc1)C(=O)C(C)N. The molecule has 0 fully saturated rings. The second-order valence-electron chi connectivity index (χ2n) is 4.50. The van der Waals surface area contributed by atoms with Crippen LogP contribution in [-0.2, 0) is 11.3 Å². The summed E-state index contributed by atoms with van der Waals surface area (Å²) in [5, 5.41) is 0. The molecule has 17 heavy (non-hydrogen) atoms. The van der Waals surface area contributed by atoms with E-state index in [1.54, 1.807) is 6.92 Å². The molecule has 0 heterocycles. The lowest BCUT2D eigenvalue weighted by Crippen LogP contribution is -2.45. The molecule has 0 radical (unpaired) electrons. The van der Waals surface area contributed by atoms with Crippen molar-refractivity contribution in [1.29, 1.82) is 0 Å². The molecule has 3 nitrogen and oxygen atoms in total. The second kappa shape index (κ2) is 6.40. The summed E-state index contributed by atoms with van der Waals surface area (Å²) in [5.41, 5.74) is 6.83. The van der Waals surface area contributed by atoms with E-state index in [0.29, 0.717) is 6.54 Å². The molecule has 1 aromatic rings. The summed E-state index contributed by atoms with van der Waals surface area (Å²) < 4.78 is 0. The third kappa shape index (κ3) is 3.86. The number of benzene rings is 1. The standard InChI is InChI=1S/C14H22N2O/c1-4-11(2)16(14(17)12(3)15)10-13-8-6-5-7-9-13/h5-9,11-12H,4,10,15H2,1-3H3. The van der Waals surface area contributed by atoms with Crippen molar-refractivity contribution in [2.75, 3.05) is 0 Å². The van der Waals surface area contributed by atoms with Gasteiger partial charge in [-0.2, -0.15) is 0 Å². The van der Waals surface area contributed by atoms with Crippen molar-refractivity contribution >= 4 is 5.91 Å². The Labute approximate surface area is 104 Å². The molecule has 0 saturated carbocycles. The minimum atomic E-state index is -0.437. The fraction of sp³-hybridized carbons (Fsp3) is 0.500. The van der Waals surface area contributed by atoms with E-state index < -0.39 is 6.04 Å². The van der Waals surface area contributed by atoms with E-state index in [-0.39, 0.29) is 11.9 Å². The van der Waals surface area contributed by atoms with Gasteiger partial charge in [-0.25, -0.2) is 0 Å². The molecular weight excluding hydrogens is 212 g/mol. The first kappa shape index (κ1) is 13.7. The van der Waals surface area contributed by atoms with Gasteiger partial charge in [0.2, 0.25) is 5.91 Å². The van der Waals surface area contributed by atoms with Crippen LogP contribution >= 0.6 is 0 Å². The topological polar surface area (TPSA) is 46.3 Å². The summed E-state index contributed by atoms with van der Waals surface area (Å²) in [4.78, 5) is 13.9. The Kier molecular flexibility index (Phi) is 5.16. The first-order chi connectivity index (χ1) is 8.06. The van der Waals surface area contributed by atoms with E-state index in [0.717, 1.165) is 12.0 Å². The number of nitrogens with zero attached hydrogens (tertiary/aromatic N) is 1. The molecule has 0 saturated heterocycles. The molecule has 1 amide bonds. The molecule has 1 aromatic carbocycles. The molecule has 1 rings (SSSR count). The maximum atomic E-state index is 12.0. The van der Waals surface area contributed by atoms with E-state index in [2.05, 4.69) is 13.8 Å². The molecular formula is C14H22N2O. The van der Waals surface area contributed by atoms with E-state index in [1.165, 1.54) is 0 Å². The van der Waals surface area contributed by atoms with Crippen molar-refractivity contribution in [1.82, 2.24) is 4.90 Å². The van der Waals surface area contributed by atoms with E-state index in [9.17, 15) is 4.79 Å². The van der Waals surface area contributed by atoms with Crippen molar-refractivity contribution in [2.24, 2.45) is 5.73 Å². The van der Waals surface area contributed by atoms with Crippen LogP contribution < -0.4 is 5.73 Å². The van der Waals surface area contributed by atoms with E-state index >= 15 is 0 Å². The molecule has 2 atom stereocenters. The molecule has 2 unspecified atom stereocenters. The van der Waals surface area contributed by atoms with Gasteiger partial charge in [-0.1, -0.05) is 37.3 Å². The highest BCUT2D eigenvalue weighted by Gasteiger charge is 2.21. The van der Waals surface area contributed by atoms with Gasteiger partial charge < -0.3 is 10.6 Å². The average Bonchev–Trinajstić information content (AvgIpc) is 2.35. The summed E-state index contributed by atoms with van der Waals surface area (Å²) in [6, 6.07) is 9.79. The number of rotatable bonds is 5. The zero-order valence-corrected chi connectivity index (χ0v) is 10.9. The number of carbonyl (C=O) groups excluding carboxylic acids is 1. The fourth-order valence-electron chi connectivity index (χ4n) is 1.71. The Hall–Kier alpha value is -1.35. The van der Waals surface area contributed by atoms with Crippen LogP contribution in [-0.4, -0.2) is 22.9 Å². The average molecular weight is 234 g/mol. The van der Waals surface area contributed by atoms with Gasteiger partial charge in [-0.15, -0.1) is 0 Å². The molecule has 94 valence electrons. The first-order valence-electron chi connectivity index (χ1n) is 6.16. The van der Waals surface area contributed by atoms with Gasteiger partial charge in [0.15, 0.2) is 0 Å². The third-order valence-corrected chi connectivity index (χ3v) is 2.99. The summed E-state index contributed by atoms with van der Waals surface area (Å²) in [6.07, 6.45) is 0.936. The van der Waals surface area contributed by atoms with Gasteiger partial charge in [-0.05, 0) is 25.8 Å². The van der Waals surface area contributed by atoms with Crippen molar-refractivity contribution in [3.05, 3.63) is 35.9 Å². The number of carbonyl (C=O) groups is 1. The Morgan fingerprint density at radius 1 is 1.29 bits per heavy atom. The lowest BCUT2D eigenvalue weighted by Gasteiger charge is -2.30. The van der Waals surface area contributed by atoms with Crippen LogP contribution in [0.3, 0.4) is 0 Å². The molecule has 0 aliphatic rings. The van der Waals surface area contributed by atoms with E-state index in [1.807, 2.05) is 35.2 Å². The Morgan fingerprint density at radius 2 is 1.88 bits per heavy atom. The predicted molar refractivity (Wildman–Crippen MR) is 70.4 cm³/mol. The quantitative estimate of drug-likeness (QED) is 0.848. The first-order valence-corrected chi connectivity index (χ1v) is 6.16. The summed E-state index contributed by atoms with van der Waals surface area (Å²) in [6.45, 7) is 6.51. The summed E-state index contributed by atoms with van der Waals surface area (Å²) in [7, 11) is 0. The Bertz CT molecular complexity index is 348. The molecule has 3 heteroatoms. The van der Waals surface area contributed by atoms with Crippen LogP contribution in [0.2, 0.25) is 0 Å². The van der Waals surface area contributed by atoms with Crippen LogP contribution in [0.1, 0.15) is 32.8 Å². The molecule has 0 spiro atoms. The van der Waals surface area contributed by atoms with Crippen molar-refractivity contribution in [3.8, 4) is 0 Å². The molecule has 0 aliphatic heterocycles. The van der Waals surface area contributed by atoms with Crippen LogP contribution in [0.5, 0.6) is 0 Å². The zero-order valence-electron chi connectivity index (χ0n) is 10.9. The molecule has 2 N–H and O–H groups in total. The van der Waals surface area contributed by atoms with Gasteiger partial charge in [0, 0.05) is 12.6 Å². The zero-order chi connectivity index (χ0) is 12.8. The van der Waals surface area contributed by atoms with Gasteiger partial charge >= 0.3 is 0 Å². The number of hydrogen-bond acceptors (Lipinski definition) is 2. The number of amides is 1. The second-order valence-corrected chi connectivity index (χ2v) is 4.50. The Balaban J connectivity index is 2.81. The highest BCUT2D eigenvalue weighted by Crippen LogP contribution is 2.11. The highest BCUT2D eigenvalue weighted by molar-refractivity contribution is 5.81. The molecule has 0 bridgehead atoms. The minimum Gasteiger partial charge on any atom is -0.334 e. The third-order valence-electron chi connectivity index (χ3n) is 2.99. The monoisotopic (exact) mass is 234 g/mol. The normalized spacial score (nSPS) is 14.1. The lowest BCUT2D eigenvalue weighted by molar-refractivity contribution is -0.135. The van der Waals surface area contributed by atoms with Crippen LogP contribution in [0.25, 0.3) is 0 Å². The largest absolute Gasteiger partial charge is 0.334 e.